The van der Waals surface area contributed by atoms with Gasteiger partial charge in [-0.05, 0) is 43.5 Å². The maximum absolute atomic E-state index is 12.3. The van der Waals surface area contributed by atoms with Crippen molar-refractivity contribution in [2.75, 3.05) is 19.6 Å². The van der Waals surface area contributed by atoms with Crippen molar-refractivity contribution < 1.29 is 14.0 Å². The molecule has 3 aromatic rings. The maximum atomic E-state index is 12.3. The predicted molar refractivity (Wildman–Crippen MR) is 109 cm³/mol. The minimum atomic E-state index is -0.241. The zero-order valence-electron chi connectivity index (χ0n) is 15.6. The molecule has 0 bridgehead atoms. The number of aromatic nitrogens is 1. The number of nitrogens with zero attached hydrogens (tertiary/aromatic N) is 2. The highest BCUT2D eigenvalue weighted by Gasteiger charge is 2.17. The number of furan rings is 1. The number of benzene rings is 1. The summed E-state index contributed by atoms with van der Waals surface area (Å²) in [6.07, 6.45) is 4.56. The lowest BCUT2D eigenvalue weighted by Gasteiger charge is -2.20. The highest BCUT2D eigenvalue weighted by Crippen LogP contribution is 2.31. The third-order valence-electron chi connectivity index (χ3n) is 4.90. The van der Waals surface area contributed by atoms with Crippen molar-refractivity contribution in [2.24, 2.45) is 0 Å². The second-order valence-electron chi connectivity index (χ2n) is 6.95. The number of para-hydroxylation sites is 1. The van der Waals surface area contributed by atoms with E-state index < -0.39 is 0 Å². The Balaban J connectivity index is 1.30. The van der Waals surface area contributed by atoms with Gasteiger partial charge in [0.1, 0.15) is 0 Å². The topological polar surface area (TPSA) is 75.4 Å². The molecule has 1 aliphatic rings. The molecule has 0 unspecified atom stereocenters. The van der Waals surface area contributed by atoms with Gasteiger partial charge < -0.3 is 14.6 Å². The number of amides is 2. The Kier molecular flexibility index (Phi) is 5.71. The molecule has 7 heteroatoms. The Morgan fingerprint density at radius 2 is 2.07 bits per heavy atom. The minimum absolute atomic E-state index is 0.232. The van der Waals surface area contributed by atoms with E-state index in [1.165, 1.54) is 0 Å². The zero-order chi connectivity index (χ0) is 19.3. The fourth-order valence-electron chi connectivity index (χ4n) is 3.39. The molecule has 28 heavy (non-hydrogen) atoms. The van der Waals surface area contributed by atoms with Crippen LogP contribution in [0.3, 0.4) is 0 Å². The minimum Gasteiger partial charge on any atom is -0.448 e. The number of rotatable bonds is 6. The third-order valence-corrected chi connectivity index (χ3v) is 5.95. The van der Waals surface area contributed by atoms with E-state index in [9.17, 15) is 9.59 Å². The first-order chi connectivity index (χ1) is 13.7. The van der Waals surface area contributed by atoms with Gasteiger partial charge in [0.2, 0.25) is 5.91 Å². The molecule has 1 aromatic carbocycles. The van der Waals surface area contributed by atoms with Crippen LogP contribution in [0, 0.1) is 0 Å². The van der Waals surface area contributed by atoms with Crippen molar-refractivity contribution >= 4 is 33.4 Å². The van der Waals surface area contributed by atoms with E-state index in [1.807, 2.05) is 29.2 Å². The molecule has 1 N–H and O–H groups in total. The van der Waals surface area contributed by atoms with Crippen LogP contribution in [0.2, 0.25) is 0 Å². The normalized spacial score (nSPS) is 15.0. The molecule has 4 rings (SSSR count). The highest BCUT2D eigenvalue weighted by atomic mass is 32.1. The van der Waals surface area contributed by atoms with E-state index in [0.717, 1.165) is 47.5 Å². The van der Waals surface area contributed by atoms with Crippen LogP contribution in [0.25, 0.3) is 21.0 Å². The van der Waals surface area contributed by atoms with E-state index >= 15 is 0 Å². The summed E-state index contributed by atoms with van der Waals surface area (Å²) in [5.74, 6) is 0.867. The molecule has 2 amide bonds. The van der Waals surface area contributed by atoms with Crippen LogP contribution in [0.5, 0.6) is 0 Å². The summed E-state index contributed by atoms with van der Waals surface area (Å²) in [7, 11) is 0. The molecule has 0 radical (unpaired) electrons. The Bertz CT molecular complexity index is 945. The van der Waals surface area contributed by atoms with Crippen LogP contribution in [0.4, 0.5) is 0 Å². The molecular formula is C21H23N3O3S. The van der Waals surface area contributed by atoms with E-state index in [-0.39, 0.29) is 17.6 Å². The van der Waals surface area contributed by atoms with Crippen molar-refractivity contribution in [1.82, 2.24) is 15.2 Å². The van der Waals surface area contributed by atoms with Gasteiger partial charge >= 0.3 is 0 Å². The van der Waals surface area contributed by atoms with Gasteiger partial charge in [0.05, 0.1) is 10.2 Å². The summed E-state index contributed by atoms with van der Waals surface area (Å²) >= 11 is 1.54. The lowest BCUT2D eigenvalue weighted by atomic mass is 10.2. The van der Waals surface area contributed by atoms with Crippen molar-refractivity contribution in [2.45, 2.75) is 32.1 Å². The number of carbonyl (C=O) groups is 2. The number of hydrogen-bond donors (Lipinski definition) is 1. The molecule has 0 atom stereocenters. The monoisotopic (exact) mass is 397 g/mol. The zero-order valence-corrected chi connectivity index (χ0v) is 16.5. The van der Waals surface area contributed by atoms with Gasteiger partial charge in [0, 0.05) is 26.1 Å². The molecule has 3 heterocycles. The first kappa shape index (κ1) is 18.7. The number of nitrogens with one attached hydrogen (secondary N) is 1. The first-order valence-corrected chi connectivity index (χ1v) is 10.5. The van der Waals surface area contributed by atoms with Crippen LogP contribution in [-0.2, 0) is 4.79 Å². The van der Waals surface area contributed by atoms with Crippen molar-refractivity contribution in [3.05, 3.63) is 42.2 Å². The van der Waals surface area contributed by atoms with Crippen LogP contribution >= 0.6 is 11.3 Å². The van der Waals surface area contributed by atoms with Gasteiger partial charge in [0.15, 0.2) is 16.5 Å². The first-order valence-electron chi connectivity index (χ1n) is 9.72. The lowest BCUT2D eigenvalue weighted by molar-refractivity contribution is -0.130. The molecule has 2 aromatic heterocycles. The number of hydrogen-bond acceptors (Lipinski definition) is 5. The van der Waals surface area contributed by atoms with Crippen LogP contribution < -0.4 is 5.32 Å². The van der Waals surface area contributed by atoms with Gasteiger partial charge in [-0.3, -0.25) is 9.59 Å². The van der Waals surface area contributed by atoms with Crippen LogP contribution in [-0.4, -0.2) is 41.3 Å². The van der Waals surface area contributed by atoms with Crippen LogP contribution in [0.15, 0.2) is 40.8 Å². The summed E-state index contributed by atoms with van der Waals surface area (Å²) in [5, 5.41) is 3.64. The van der Waals surface area contributed by atoms with Gasteiger partial charge in [-0.2, -0.15) is 0 Å². The smallest absolute Gasteiger partial charge is 0.287 e. The number of likely N-dealkylation sites (tertiary alicyclic amines) is 1. The SMILES string of the molecule is O=C(NCCCN1CCCCCC1=O)c1ccc(-c2nc3ccccc3s2)o1. The summed E-state index contributed by atoms with van der Waals surface area (Å²) in [5.41, 5.74) is 0.924. The lowest BCUT2D eigenvalue weighted by Crippen LogP contribution is -2.33. The second-order valence-corrected chi connectivity index (χ2v) is 7.98. The fourth-order valence-corrected chi connectivity index (χ4v) is 4.31. The second kappa shape index (κ2) is 8.56. The van der Waals surface area contributed by atoms with E-state index in [0.29, 0.717) is 25.3 Å². The highest BCUT2D eigenvalue weighted by molar-refractivity contribution is 7.21. The largest absolute Gasteiger partial charge is 0.448 e. The van der Waals surface area contributed by atoms with E-state index in [1.54, 1.807) is 23.5 Å². The predicted octanol–water partition coefficient (Wildman–Crippen LogP) is 4.08. The summed E-state index contributed by atoms with van der Waals surface area (Å²) in [4.78, 5) is 30.8. The number of fused-ring (bicyclic) bond motifs is 1. The maximum Gasteiger partial charge on any atom is 0.287 e. The van der Waals surface area contributed by atoms with Gasteiger partial charge in [-0.15, -0.1) is 11.3 Å². The molecule has 6 nitrogen and oxygen atoms in total. The molecule has 1 fully saturated rings. The standard InChI is InChI=1S/C21H23N3O3S/c25-19-9-2-1-5-13-24(19)14-6-12-22-20(26)16-10-11-17(27-16)21-23-15-7-3-4-8-18(15)28-21/h3-4,7-8,10-11H,1-2,5-6,9,12-14H2,(H,22,26). The van der Waals surface area contributed by atoms with Gasteiger partial charge in [0.25, 0.3) is 5.91 Å². The average molecular weight is 398 g/mol. The van der Waals surface area contributed by atoms with Gasteiger partial charge in [-0.25, -0.2) is 4.98 Å². The average Bonchev–Trinajstić information content (AvgIpc) is 3.31. The number of carbonyl (C=O) groups excluding carboxylic acids is 2. The summed E-state index contributed by atoms with van der Waals surface area (Å²) in [6, 6.07) is 11.4. The van der Waals surface area contributed by atoms with Gasteiger partial charge in [-0.1, -0.05) is 18.6 Å². The molecule has 1 saturated heterocycles. The molecule has 0 spiro atoms. The number of thiazole rings is 1. The third kappa shape index (κ3) is 4.25. The Labute approximate surface area is 167 Å². The van der Waals surface area contributed by atoms with E-state index in [4.69, 9.17) is 4.42 Å². The molecular weight excluding hydrogens is 374 g/mol. The van der Waals surface area contributed by atoms with Crippen molar-refractivity contribution in [3.63, 3.8) is 0 Å². The van der Waals surface area contributed by atoms with Crippen molar-refractivity contribution in [1.29, 1.82) is 0 Å². The molecule has 146 valence electrons. The van der Waals surface area contributed by atoms with Crippen LogP contribution in [0.1, 0.15) is 42.7 Å². The summed E-state index contributed by atoms with van der Waals surface area (Å²) in [6.45, 7) is 2.03. The Morgan fingerprint density at radius 3 is 2.96 bits per heavy atom. The molecule has 0 saturated carbocycles. The molecule has 1 aliphatic heterocycles. The Morgan fingerprint density at radius 1 is 1.18 bits per heavy atom. The molecule has 0 aliphatic carbocycles. The quantitative estimate of drug-likeness (QED) is 0.636. The van der Waals surface area contributed by atoms with E-state index in [2.05, 4.69) is 10.3 Å². The fraction of sp³-hybridized carbons (Fsp3) is 0.381. The van der Waals surface area contributed by atoms with Crippen molar-refractivity contribution in [3.8, 4) is 10.8 Å². The Hall–Kier alpha value is -2.67. The summed E-state index contributed by atoms with van der Waals surface area (Å²) < 4.78 is 6.80.